The van der Waals surface area contributed by atoms with Gasteiger partial charge in [0.15, 0.2) is 0 Å². The first-order valence-corrected chi connectivity index (χ1v) is 8.25. The standard InChI is InChI=1S/C14H20N2O5S/c1-9(2)8-15-22(20,21)12-6-4-11(5-7-12)13(17)16-10(3)14(18)19/h4-7,9-10,15H,8H2,1-3H3,(H,16,17)(H,18,19)/t10-/m1/s1. The monoisotopic (exact) mass is 328 g/mol. The molecule has 0 aliphatic rings. The third kappa shape index (κ3) is 5.12. The molecule has 1 amide bonds. The van der Waals surface area contributed by atoms with Crippen molar-refractivity contribution in [3.63, 3.8) is 0 Å². The fraction of sp³-hybridized carbons (Fsp3) is 0.429. The Morgan fingerprint density at radius 2 is 1.68 bits per heavy atom. The predicted molar refractivity (Wildman–Crippen MR) is 81.0 cm³/mol. The molecule has 0 aliphatic carbocycles. The highest BCUT2D eigenvalue weighted by Crippen LogP contribution is 2.11. The second-order valence-electron chi connectivity index (χ2n) is 5.30. The molecular weight excluding hydrogens is 308 g/mol. The number of rotatable bonds is 7. The van der Waals surface area contributed by atoms with Crippen molar-refractivity contribution in [3.8, 4) is 0 Å². The Hall–Kier alpha value is -1.93. The number of carboxylic acids is 1. The molecule has 0 saturated heterocycles. The van der Waals surface area contributed by atoms with E-state index in [9.17, 15) is 18.0 Å². The average Bonchev–Trinajstić information content (AvgIpc) is 2.45. The van der Waals surface area contributed by atoms with E-state index < -0.39 is 27.9 Å². The number of carbonyl (C=O) groups excluding carboxylic acids is 1. The first-order chi connectivity index (χ1) is 10.1. The van der Waals surface area contributed by atoms with Crippen LogP contribution in [0.25, 0.3) is 0 Å². The summed E-state index contributed by atoms with van der Waals surface area (Å²) < 4.78 is 26.5. The van der Waals surface area contributed by atoms with Crippen molar-refractivity contribution in [2.45, 2.75) is 31.7 Å². The van der Waals surface area contributed by atoms with Gasteiger partial charge in [-0.25, -0.2) is 13.1 Å². The molecule has 0 radical (unpaired) electrons. The molecule has 8 heteroatoms. The van der Waals surface area contributed by atoms with Gasteiger partial charge in [0.1, 0.15) is 6.04 Å². The van der Waals surface area contributed by atoms with Crippen molar-refractivity contribution in [3.05, 3.63) is 29.8 Å². The predicted octanol–water partition coefficient (Wildman–Crippen LogP) is 0.824. The van der Waals surface area contributed by atoms with Gasteiger partial charge in [-0.05, 0) is 37.1 Å². The lowest BCUT2D eigenvalue weighted by Gasteiger charge is -2.11. The molecule has 1 atom stereocenters. The van der Waals surface area contributed by atoms with Crippen LogP contribution >= 0.6 is 0 Å². The molecule has 122 valence electrons. The molecule has 7 nitrogen and oxygen atoms in total. The molecule has 0 heterocycles. The number of nitrogens with one attached hydrogen (secondary N) is 2. The molecule has 1 aromatic carbocycles. The molecule has 0 saturated carbocycles. The van der Waals surface area contributed by atoms with Crippen LogP contribution in [-0.4, -0.2) is 38.0 Å². The van der Waals surface area contributed by atoms with Gasteiger partial charge in [0.25, 0.3) is 5.91 Å². The van der Waals surface area contributed by atoms with E-state index in [0.29, 0.717) is 6.54 Å². The van der Waals surface area contributed by atoms with Crippen LogP contribution in [0.15, 0.2) is 29.2 Å². The minimum Gasteiger partial charge on any atom is -0.480 e. The molecule has 0 unspecified atom stereocenters. The number of amides is 1. The fourth-order valence-corrected chi connectivity index (χ4v) is 2.70. The Bertz CT molecular complexity index is 638. The van der Waals surface area contributed by atoms with Crippen molar-refractivity contribution in [1.82, 2.24) is 10.0 Å². The van der Waals surface area contributed by atoms with Gasteiger partial charge in [-0.3, -0.25) is 9.59 Å². The highest BCUT2D eigenvalue weighted by atomic mass is 32.2. The molecule has 0 aromatic heterocycles. The summed E-state index contributed by atoms with van der Waals surface area (Å²) in [6.45, 7) is 5.44. The smallest absolute Gasteiger partial charge is 0.325 e. The Labute approximate surface area is 129 Å². The van der Waals surface area contributed by atoms with Crippen LogP contribution in [0.5, 0.6) is 0 Å². The zero-order chi connectivity index (χ0) is 16.9. The Morgan fingerprint density at radius 3 is 2.14 bits per heavy atom. The van der Waals surface area contributed by atoms with Gasteiger partial charge in [0.2, 0.25) is 10.0 Å². The summed E-state index contributed by atoms with van der Waals surface area (Å²) in [5.74, 6) is -1.54. The van der Waals surface area contributed by atoms with Crippen LogP contribution in [0.2, 0.25) is 0 Å². The molecule has 0 fully saturated rings. The summed E-state index contributed by atoms with van der Waals surface area (Å²) in [5.41, 5.74) is 0.191. The van der Waals surface area contributed by atoms with Gasteiger partial charge >= 0.3 is 5.97 Å². The molecule has 0 spiro atoms. The van der Waals surface area contributed by atoms with Gasteiger partial charge in [-0.2, -0.15) is 0 Å². The van der Waals surface area contributed by atoms with E-state index in [1.165, 1.54) is 31.2 Å². The van der Waals surface area contributed by atoms with Crippen LogP contribution < -0.4 is 10.0 Å². The summed E-state index contributed by atoms with van der Waals surface area (Å²) in [6, 6.07) is 4.27. The summed E-state index contributed by atoms with van der Waals surface area (Å²) in [6.07, 6.45) is 0. The lowest BCUT2D eigenvalue weighted by atomic mass is 10.2. The maximum Gasteiger partial charge on any atom is 0.325 e. The van der Waals surface area contributed by atoms with Crippen molar-refractivity contribution in [2.24, 2.45) is 5.92 Å². The van der Waals surface area contributed by atoms with Gasteiger partial charge in [0.05, 0.1) is 4.90 Å². The van der Waals surface area contributed by atoms with Gasteiger partial charge < -0.3 is 10.4 Å². The second-order valence-corrected chi connectivity index (χ2v) is 7.07. The summed E-state index contributed by atoms with van der Waals surface area (Å²) in [7, 11) is -3.61. The molecule has 1 aromatic rings. The Kier molecular flexibility index (Phi) is 6.07. The molecule has 3 N–H and O–H groups in total. The maximum atomic E-state index is 12.0. The zero-order valence-electron chi connectivity index (χ0n) is 12.7. The van der Waals surface area contributed by atoms with E-state index in [2.05, 4.69) is 10.0 Å². The first-order valence-electron chi connectivity index (χ1n) is 6.77. The lowest BCUT2D eigenvalue weighted by molar-refractivity contribution is -0.138. The average molecular weight is 328 g/mol. The van der Waals surface area contributed by atoms with Crippen molar-refractivity contribution in [2.75, 3.05) is 6.54 Å². The quantitative estimate of drug-likeness (QED) is 0.686. The highest BCUT2D eigenvalue weighted by molar-refractivity contribution is 7.89. The number of sulfonamides is 1. The largest absolute Gasteiger partial charge is 0.480 e. The summed E-state index contributed by atoms with van der Waals surface area (Å²) >= 11 is 0. The van der Waals surface area contributed by atoms with E-state index in [1.807, 2.05) is 13.8 Å². The van der Waals surface area contributed by atoms with Crippen molar-refractivity contribution in [1.29, 1.82) is 0 Å². The van der Waals surface area contributed by atoms with Crippen LogP contribution in [0, 0.1) is 5.92 Å². The van der Waals surface area contributed by atoms with Crippen LogP contribution in [0.3, 0.4) is 0 Å². The van der Waals surface area contributed by atoms with Crippen molar-refractivity contribution < 1.29 is 23.1 Å². The van der Waals surface area contributed by atoms with E-state index >= 15 is 0 Å². The maximum absolute atomic E-state index is 12.0. The fourth-order valence-electron chi connectivity index (χ4n) is 1.49. The molecule has 0 bridgehead atoms. The first kappa shape index (κ1) is 18.1. The zero-order valence-corrected chi connectivity index (χ0v) is 13.5. The van der Waals surface area contributed by atoms with Gasteiger partial charge in [-0.1, -0.05) is 13.8 Å². The minimum atomic E-state index is -3.61. The normalized spacial score (nSPS) is 12.9. The number of carbonyl (C=O) groups is 2. The number of carboxylic acid groups (broad SMARTS) is 1. The van der Waals surface area contributed by atoms with Crippen molar-refractivity contribution >= 4 is 21.9 Å². The van der Waals surface area contributed by atoms with Crippen LogP contribution in [0.4, 0.5) is 0 Å². The molecule has 0 aliphatic heterocycles. The van der Waals surface area contributed by atoms with E-state index in [0.717, 1.165) is 0 Å². The summed E-state index contributed by atoms with van der Waals surface area (Å²) in [4.78, 5) is 22.5. The SMILES string of the molecule is CC(C)CNS(=O)(=O)c1ccc(C(=O)N[C@H](C)C(=O)O)cc1. The van der Waals surface area contributed by atoms with E-state index in [4.69, 9.17) is 5.11 Å². The van der Waals surface area contributed by atoms with Crippen LogP contribution in [0.1, 0.15) is 31.1 Å². The highest BCUT2D eigenvalue weighted by Gasteiger charge is 2.17. The number of hydrogen-bond acceptors (Lipinski definition) is 4. The lowest BCUT2D eigenvalue weighted by Crippen LogP contribution is -2.38. The molecule has 1 rings (SSSR count). The minimum absolute atomic E-state index is 0.0518. The Balaban J connectivity index is 2.82. The number of aliphatic carboxylic acids is 1. The Morgan fingerprint density at radius 1 is 1.14 bits per heavy atom. The topological polar surface area (TPSA) is 113 Å². The van der Waals surface area contributed by atoms with Gasteiger partial charge in [-0.15, -0.1) is 0 Å². The molecular formula is C14H20N2O5S. The third-order valence-corrected chi connectivity index (χ3v) is 4.27. The second kappa shape index (κ2) is 7.37. The van der Waals surface area contributed by atoms with Crippen LogP contribution in [-0.2, 0) is 14.8 Å². The van der Waals surface area contributed by atoms with E-state index in [-0.39, 0.29) is 16.4 Å². The number of benzene rings is 1. The van der Waals surface area contributed by atoms with E-state index in [1.54, 1.807) is 0 Å². The summed E-state index contributed by atoms with van der Waals surface area (Å²) in [5, 5.41) is 11.0. The van der Waals surface area contributed by atoms with Gasteiger partial charge in [0, 0.05) is 12.1 Å². The third-order valence-electron chi connectivity index (χ3n) is 2.83. The molecule has 22 heavy (non-hydrogen) atoms. The number of hydrogen-bond donors (Lipinski definition) is 3.